The molecule has 4 aliphatic heterocycles. The number of benzene rings is 18. The molecule has 4 fully saturated rings. The smallest absolute Gasteiger partial charge is 0.0517 e. The zero-order chi connectivity index (χ0) is 102. The quantitative estimate of drug-likeness (QED) is 0.100. The van der Waals surface area contributed by atoms with E-state index in [0.29, 0.717) is 0 Å². The third kappa shape index (κ3) is 13.7. The summed E-state index contributed by atoms with van der Waals surface area (Å²) >= 11 is 0. The van der Waals surface area contributed by atoms with Gasteiger partial charge < -0.3 is 19.6 Å². The number of pyridine rings is 2. The Morgan fingerprint density at radius 2 is 0.493 bits per heavy atom. The van der Waals surface area contributed by atoms with Crippen molar-refractivity contribution in [3.63, 3.8) is 0 Å². The van der Waals surface area contributed by atoms with Gasteiger partial charge in [-0.1, -0.05) is 303 Å². The molecule has 6 heterocycles. The summed E-state index contributed by atoms with van der Waals surface area (Å²) in [7, 11) is 0. The van der Waals surface area contributed by atoms with Gasteiger partial charge in [0, 0.05) is 103 Å². The average Bonchev–Trinajstić information content (AvgIpc) is 1.28. The lowest BCUT2D eigenvalue weighted by Crippen LogP contribution is -2.54. The third-order valence-corrected chi connectivity index (χ3v) is 40.0. The van der Waals surface area contributed by atoms with Crippen LogP contribution >= 0.6 is 0 Å². The first-order valence-corrected chi connectivity index (χ1v) is 56.0. The highest BCUT2D eigenvalue weighted by molar-refractivity contribution is 6.29. The van der Waals surface area contributed by atoms with Crippen LogP contribution in [-0.2, 0) is 32.5 Å². The Morgan fingerprint density at radius 1 is 0.220 bits per heavy atom. The summed E-state index contributed by atoms with van der Waals surface area (Å²) < 4.78 is 0. The van der Waals surface area contributed by atoms with Crippen LogP contribution in [0.2, 0.25) is 0 Å². The van der Waals surface area contributed by atoms with Gasteiger partial charge >= 0.3 is 0 Å². The zero-order valence-electron chi connectivity index (χ0n) is 90.5. The summed E-state index contributed by atoms with van der Waals surface area (Å²) in [6.07, 6.45) is 27.1. The van der Waals surface area contributed by atoms with Crippen LogP contribution in [0.1, 0.15) is 244 Å². The topological polar surface area (TPSA) is 38.7 Å². The molecule has 0 bridgehead atoms. The van der Waals surface area contributed by atoms with E-state index in [-0.39, 0.29) is 54.6 Å². The number of hydrogen-bond donors (Lipinski definition) is 0. The highest BCUT2D eigenvalue weighted by Gasteiger charge is 2.62. The first kappa shape index (κ1) is 94.0. The molecule has 2 aromatic heterocycles. The minimum absolute atomic E-state index is 0.0200. The lowest BCUT2D eigenvalue weighted by atomic mass is 9.61. The van der Waals surface area contributed by atoms with E-state index in [9.17, 15) is 0 Å². The standard InChI is InChI=1S/C75H75N3.C69H63N3/c1-70(2,3)52-24-19-26-54(43-52)77-66-33-31-49(41-64(66)72(7)35-15-17-37-74(72,77)9)68-57-29-13-14-30-58(57)69(63-46-61-59(51-23-21-39-76-47-51)40-48-22-11-12-28-56(48)60(61)45-62(63)68)50-32-34-67-65(42-50)73(8)36-16-18-38-75(73,10)78(67)55-27-20-25-53(44-55)71(4,5)6;1-44-18-15-22-50(36-44)71-62-29-27-47(39-60(62)66(3)31-11-13-33-68(66,71)5)64-53-25-9-10-26-54(53)65(59-42-57-55(49-21-17-35-70-43-49)38-46-20-7-8-24-52(46)56(57)41-58(59)64)48-28-30-63-61(40-48)67(4)32-12-14-34-69(67,6)72(63)51-23-16-19-45(2)37-51/h11-14,19-34,39-47H,15-18,35-38H2,1-10H3;7-10,15-30,35-43H,11-14,31-34H2,1-6H3. The molecule has 8 aliphatic rings. The minimum Gasteiger partial charge on any atom is -0.334 e. The minimum atomic E-state index is -0.0732. The van der Waals surface area contributed by atoms with Crippen LogP contribution in [0.5, 0.6) is 0 Å². The maximum atomic E-state index is 4.69. The maximum absolute atomic E-state index is 4.69. The fourth-order valence-corrected chi connectivity index (χ4v) is 31.2. The van der Waals surface area contributed by atoms with Crippen molar-refractivity contribution in [1.29, 1.82) is 0 Å². The van der Waals surface area contributed by atoms with Gasteiger partial charge in [0.2, 0.25) is 0 Å². The molecule has 18 aromatic carbocycles. The highest BCUT2D eigenvalue weighted by Crippen LogP contribution is 2.69. The SMILES string of the molecule is CC(C)(C)c1cccc(N2c3ccc(-c4c5ccccc5c(-c5ccc6c(c5)C5(C)CCCCC5(C)N6c5cccc(C(C)(C)C)c5)c5cc6c(cc45)c(-c4cccnc4)cc4ccccc46)cc3C3(C)CCCCC23C)c1.Cc1cccc(N2c3ccc(-c4c5ccccc5c(-c5ccc6c(c5)C5(C)CCCCC5(C)N6c5cccc(C)c5)c5cc6c(cc45)c(-c4cccnc4)cc4ccccc46)cc3C3(C)CCCCC23C)c1. The van der Waals surface area contributed by atoms with E-state index in [1.54, 1.807) is 0 Å². The van der Waals surface area contributed by atoms with E-state index < -0.39 is 0 Å². The first-order valence-electron chi connectivity index (χ1n) is 56.0. The summed E-state index contributed by atoms with van der Waals surface area (Å²) in [6, 6.07) is 128. The fraction of sp³-hybridized carbons (Fsp3) is 0.292. The molecule has 4 aliphatic carbocycles. The van der Waals surface area contributed by atoms with Crippen LogP contribution in [0.3, 0.4) is 0 Å². The predicted molar refractivity (Wildman–Crippen MR) is 639 cm³/mol. The zero-order valence-corrected chi connectivity index (χ0v) is 90.5. The van der Waals surface area contributed by atoms with Crippen molar-refractivity contribution < 1.29 is 0 Å². The van der Waals surface area contributed by atoms with Crippen LogP contribution < -0.4 is 19.6 Å². The molecule has 6 heteroatoms. The van der Waals surface area contributed by atoms with Gasteiger partial charge in [-0.3, -0.25) is 9.97 Å². The van der Waals surface area contributed by atoms with E-state index >= 15 is 0 Å². The second-order valence-corrected chi connectivity index (χ2v) is 50.1. The summed E-state index contributed by atoms with van der Waals surface area (Å²) in [6.45, 7) is 39.1. The molecule has 0 spiro atoms. The van der Waals surface area contributed by atoms with Crippen molar-refractivity contribution in [1.82, 2.24) is 9.97 Å². The molecule has 28 rings (SSSR count). The Bertz CT molecular complexity index is 9020. The Labute approximate surface area is 886 Å². The molecule has 4 saturated carbocycles. The third-order valence-electron chi connectivity index (χ3n) is 40.0. The van der Waals surface area contributed by atoms with E-state index in [2.05, 4.69) is 463 Å². The Morgan fingerprint density at radius 3 is 0.780 bits per heavy atom. The molecule has 150 heavy (non-hydrogen) atoms. The molecule has 8 unspecified atom stereocenters. The number of hydrogen-bond acceptors (Lipinski definition) is 6. The molecule has 0 radical (unpaired) electrons. The Hall–Kier alpha value is -14.5. The van der Waals surface area contributed by atoms with Gasteiger partial charge in [-0.25, -0.2) is 0 Å². The maximum Gasteiger partial charge on any atom is 0.0517 e. The van der Waals surface area contributed by atoms with E-state index in [1.807, 2.05) is 24.8 Å². The number of nitrogens with zero attached hydrogens (tertiary/aromatic N) is 6. The van der Waals surface area contributed by atoms with Gasteiger partial charge in [-0.2, -0.15) is 0 Å². The molecule has 744 valence electrons. The lowest BCUT2D eigenvalue weighted by Gasteiger charge is -2.50. The molecular weight excluding hydrogens is 1810 g/mol. The average molecular weight is 1950 g/mol. The molecule has 8 atom stereocenters. The van der Waals surface area contributed by atoms with Crippen LogP contribution in [0, 0.1) is 13.8 Å². The van der Waals surface area contributed by atoms with Crippen molar-refractivity contribution in [2.45, 2.75) is 268 Å². The van der Waals surface area contributed by atoms with Gasteiger partial charge in [-0.15, -0.1) is 0 Å². The number of anilines is 8. The molecule has 0 amide bonds. The number of aromatic nitrogens is 2. The second kappa shape index (κ2) is 34.0. The number of fused-ring (bicyclic) bond motifs is 22. The fourth-order valence-electron chi connectivity index (χ4n) is 31.2. The van der Waals surface area contributed by atoms with Gasteiger partial charge in [-0.05, 0) is 436 Å². The van der Waals surface area contributed by atoms with Crippen molar-refractivity contribution in [3.8, 4) is 66.8 Å². The van der Waals surface area contributed by atoms with Crippen molar-refractivity contribution in [2.75, 3.05) is 19.6 Å². The van der Waals surface area contributed by atoms with Crippen molar-refractivity contribution in [2.24, 2.45) is 0 Å². The van der Waals surface area contributed by atoms with Crippen LogP contribution in [0.25, 0.3) is 153 Å². The second-order valence-electron chi connectivity index (χ2n) is 50.1. The summed E-state index contributed by atoms with van der Waals surface area (Å²) in [5.74, 6) is 0. The monoisotopic (exact) mass is 1950 g/mol. The van der Waals surface area contributed by atoms with Crippen LogP contribution in [0.4, 0.5) is 45.5 Å². The first-order chi connectivity index (χ1) is 72.4. The summed E-state index contributed by atoms with van der Waals surface area (Å²) in [5.41, 5.74) is 36.8. The molecule has 20 aromatic rings. The number of aryl methyl sites for hydroxylation is 2. The Balaban J connectivity index is 0.000000148. The Kier molecular flexibility index (Phi) is 21.3. The normalized spacial score (nSPS) is 23.2. The van der Waals surface area contributed by atoms with Crippen LogP contribution in [0.15, 0.2) is 352 Å². The summed E-state index contributed by atoms with van der Waals surface area (Å²) in [5, 5.41) is 20.4. The van der Waals surface area contributed by atoms with Gasteiger partial charge in [0.05, 0.1) is 22.2 Å². The van der Waals surface area contributed by atoms with E-state index in [0.717, 1.165) is 30.4 Å². The molecule has 0 N–H and O–H groups in total. The van der Waals surface area contributed by atoms with Gasteiger partial charge in [0.1, 0.15) is 0 Å². The molecular formula is C144H138N6. The highest BCUT2D eigenvalue weighted by atomic mass is 15.3. The largest absolute Gasteiger partial charge is 0.334 e. The van der Waals surface area contributed by atoms with E-state index in [1.165, 1.54) is 315 Å². The summed E-state index contributed by atoms with van der Waals surface area (Å²) in [4.78, 5) is 20.3. The number of rotatable bonds is 10. The molecule has 6 nitrogen and oxygen atoms in total. The van der Waals surface area contributed by atoms with Crippen LogP contribution in [-0.4, -0.2) is 32.1 Å². The lowest BCUT2D eigenvalue weighted by molar-refractivity contribution is 0.195. The van der Waals surface area contributed by atoms with E-state index in [4.69, 9.17) is 4.98 Å². The van der Waals surface area contributed by atoms with Crippen molar-refractivity contribution >= 4 is 132 Å². The predicted octanol–water partition coefficient (Wildman–Crippen LogP) is 39.6. The van der Waals surface area contributed by atoms with Crippen molar-refractivity contribution in [3.05, 3.63) is 397 Å². The van der Waals surface area contributed by atoms with Gasteiger partial charge in [0.15, 0.2) is 0 Å². The molecule has 0 saturated heterocycles. The van der Waals surface area contributed by atoms with Gasteiger partial charge in [0.25, 0.3) is 0 Å².